The van der Waals surface area contributed by atoms with Gasteiger partial charge in [0, 0.05) is 0 Å². The fourth-order valence-electron chi connectivity index (χ4n) is 0.484. The van der Waals surface area contributed by atoms with Crippen LogP contribution >= 0.6 is 0 Å². The molecule has 0 heterocycles. The lowest BCUT2D eigenvalue weighted by Crippen LogP contribution is -2.34. The molecule has 0 radical (unpaired) electrons. The number of aliphatic hydroxyl groups is 1. The summed E-state index contributed by atoms with van der Waals surface area (Å²) in [6.45, 7) is 14.7. The molecule has 0 aromatic carbocycles. The predicted octanol–water partition coefficient (Wildman–Crippen LogP) is 2.22. The maximum absolute atomic E-state index is 9.51. The maximum Gasteiger partial charge on any atom is 0.268 e. The van der Waals surface area contributed by atoms with Crippen molar-refractivity contribution in [2.24, 2.45) is 0 Å². The van der Waals surface area contributed by atoms with Gasteiger partial charge >= 0.3 is 0 Å². The number of rotatable bonds is 4. The van der Waals surface area contributed by atoms with Gasteiger partial charge in [-0.2, -0.15) is 0 Å². The van der Waals surface area contributed by atoms with Crippen molar-refractivity contribution < 1.29 is 9.53 Å². The first-order chi connectivity index (χ1) is 5.19. The molecule has 12 heavy (non-hydrogen) atoms. The molecule has 0 unspecified atom stereocenters. The summed E-state index contributed by atoms with van der Waals surface area (Å²) in [6.07, 6.45) is 0. The van der Waals surface area contributed by atoms with Crippen LogP contribution in [0.5, 0.6) is 0 Å². The van der Waals surface area contributed by atoms with Gasteiger partial charge in [0.1, 0.15) is 11.4 Å². The van der Waals surface area contributed by atoms with E-state index in [-0.39, 0.29) is 0 Å². The zero-order valence-corrected chi connectivity index (χ0v) is 9.35. The summed E-state index contributed by atoms with van der Waals surface area (Å²) in [7, 11) is -1.85. The molecule has 0 spiro atoms. The molecule has 0 saturated heterocycles. The van der Waals surface area contributed by atoms with E-state index in [1.807, 2.05) is 18.8 Å². The molecule has 0 aromatic rings. The van der Waals surface area contributed by atoms with Gasteiger partial charge in [-0.25, -0.2) is 0 Å². The SMILES string of the molecule is C=C[Si](C)(C)OC(=C)C(C)(C)O. The van der Waals surface area contributed by atoms with Crippen LogP contribution in [-0.4, -0.2) is 19.0 Å². The molecule has 0 amide bonds. The summed E-state index contributed by atoms with van der Waals surface area (Å²) < 4.78 is 5.53. The fourth-order valence-corrected chi connectivity index (χ4v) is 1.45. The molecule has 3 heteroatoms. The van der Waals surface area contributed by atoms with E-state index < -0.39 is 13.9 Å². The van der Waals surface area contributed by atoms with Crippen LogP contribution in [0.3, 0.4) is 0 Å². The van der Waals surface area contributed by atoms with Crippen LogP contribution in [0.15, 0.2) is 24.6 Å². The predicted molar refractivity (Wildman–Crippen MR) is 54.2 cm³/mol. The standard InChI is InChI=1S/C9H18O2Si/c1-7-12(5,6)11-8(2)9(3,4)10/h7,10H,1-2H2,3-6H3. The van der Waals surface area contributed by atoms with Crippen LogP contribution in [0, 0.1) is 0 Å². The molecule has 0 aliphatic carbocycles. The fraction of sp³-hybridized carbons (Fsp3) is 0.556. The molecule has 0 aromatic heterocycles. The summed E-state index contributed by atoms with van der Waals surface area (Å²) in [6, 6.07) is 0. The highest BCUT2D eigenvalue weighted by atomic mass is 28.4. The van der Waals surface area contributed by atoms with Crippen LogP contribution in [0.4, 0.5) is 0 Å². The number of hydrogen-bond donors (Lipinski definition) is 1. The van der Waals surface area contributed by atoms with Crippen molar-refractivity contribution in [3.05, 3.63) is 24.6 Å². The van der Waals surface area contributed by atoms with Crippen molar-refractivity contribution in [1.82, 2.24) is 0 Å². The minimum absolute atomic E-state index is 0.416. The Morgan fingerprint density at radius 3 is 2.17 bits per heavy atom. The highest BCUT2D eigenvalue weighted by molar-refractivity contribution is 6.76. The van der Waals surface area contributed by atoms with Gasteiger partial charge in [-0.15, -0.1) is 6.58 Å². The van der Waals surface area contributed by atoms with Gasteiger partial charge in [0.25, 0.3) is 8.32 Å². The second-order valence-corrected chi connectivity index (χ2v) is 7.71. The van der Waals surface area contributed by atoms with E-state index in [1.165, 1.54) is 0 Å². The molecule has 0 atom stereocenters. The zero-order chi connectivity index (χ0) is 9.99. The van der Waals surface area contributed by atoms with E-state index in [9.17, 15) is 5.11 Å². The van der Waals surface area contributed by atoms with Crippen molar-refractivity contribution >= 4 is 8.32 Å². The Balaban J connectivity index is 4.29. The Morgan fingerprint density at radius 2 is 1.92 bits per heavy atom. The van der Waals surface area contributed by atoms with E-state index in [1.54, 1.807) is 13.8 Å². The highest BCUT2D eigenvalue weighted by Crippen LogP contribution is 2.19. The summed E-state index contributed by atoms with van der Waals surface area (Å²) in [5.74, 6) is 0.416. The van der Waals surface area contributed by atoms with E-state index >= 15 is 0 Å². The Kier molecular flexibility index (Phi) is 3.30. The van der Waals surface area contributed by atoms with Gasteiger partial charge in [0.2, 0.25) is 0 Å². The minimum Gasteiger partial charge on any atom is -0.541 e. The van der Waals surface area contributed by atoms with Crippen molar-refractivity contribution in [2.45, 2.75) is 32.5 Å². The van der Waals surface area contributed by atoms with E-state index in [0.29, 0.717) is 5.76 Å². The summed E-state index contributed by atoms with van der Waals surface area (Å²) >= 11 is 0. The van der Waals surface area contributed by atoms with Crippen molar-refractivity contribution in [1.29, 1.82) is 0 Å². The van der Waals surface area contributed by atoms with Crippen LogP contribution < -0.4 is 0 Å². The smallest absolute Gasteiger partial charge is 0.268 e. The van der Waals surface area contributed by atoms with Crippen LogP contribution in [0.25, 0.3) is 0 Å². The summed E-state index contributed by atoms with van der Waals surface area (Å²) in [5, 5.41) is 9.51. The molecule has 0 aliphatic rings. The van der Waals surface area contributed by atoms with E-state index in [0.717, 1.165) is 0 Å². The molecule has 70 valence electrons. The largest absolute Gasteiger partial charge is 0.541 e. The van der Waals surface area contributed by atoms with Gasteiger partial charge in [-0.05, 0) is 26.9 Å². The van der Waals surface area contributed by atoms with Gasteiger partial charge in [0.15, 0.2) is 0 Å². The van der Waals surface area contributed by atoms with E-state index in [2.05, 4.69) is 13.2 Å². The first-order valence-corrected chi connectivity index (χ1v) is 6.92. The summed E-state index contributed by atoms with van der Waals surface area (Å²) in [5.41, 5.74) is 0.844. The molecule has 0 bridgehead atoms. The van der Waals surface area contributed by atoms with Gasteiger partial charge in [-0.1, -0.05) is 12.3 Å². The Bertz CT molecular complexity index is 189. The normalized spacial score (nSPS) is 12.4. The number of hydrogen-bond acceptors (Lipinski definition) is 2. The van der Waals surface area contributed by atoms with E-state index in [4.69, 9.17) is 4.43 Å². The summed E-state index contributed by atoms with van der Waals surface area (Å²) in [4.78, 5) is 0. The second kappa shape index (κ2) is 3.45. The third kappa shape index (κ3) is 3.73. The third-order valence-corrected chi connectivity index (χ3v) is 3.32. The van der Waals surface area contributed by atoms with Crippen LogP contribution in [0.1, 0.15) is 13.8 Å². The third-order valence-electron chi connectivity index (χ3n) is 1.56. The van der Waals surface area contributed by atoms with Gasteiger partial charge in [-0.3, -0.25) is 0 Å². The molecule has 1 N–H and O–H groups in total. The molecule has 0 rings (SSSR count). The van der Waals surface area contributed by atoms with Crippen molar-refractivity contribution in [2.75, 3.05) is 0 Å². The second-order valence-electron chi connectivity index (χ2n) is 3.89. The molecule has 0 fully saturated rings. The average molecular weight is 186 g/mol. The van der Waals surface area contributed by atoms with Crippen molar-refractivity contribution in [3.8, 4) is 0 Å². The monoisotopic (exact) mass is 186 g/mol. The molecular weight excluding hydrogens is 168 g/mol. The lowest BCUT2D eigenvalue weighted by molar-refractivity contribution is 0.0771. The highest BCUT2D eigenvalue weighted by Gasteiger charge is 2.26. The average Bonchev–Trinajstić information content (AvgIpc) is 1.85. The molecular formula is C9H18O2Si. The molecule has 2 nitrogen and oxygen atoms in total. The van der Waals surface area contributed by atoms with Crippen LogP contribution in [-0.2, 0) is 4.43 Å². The first-order valence-electron chi connectivity index (χ1n) is 3.93. The van der Waals surface area contributed by atoms with Gasteiger partial charge in [0.05, 0.1) is 0 Å². The molecule has 0 aliphatic heterocycles. The zero-order valence-electron chi connectivity index (χ0n) is 8.35. The Morgan fingerprint density at radius 1 is 1.50 bits per heavy atom. The maximum atomic E-state index is 9.51. The first kappa shape index (κ1) is 11.5. The van der Waals surface area contributed by atoms with Crippen molar-refractivity contribution in [3.63, 3.8) is 0 Å². The Hall–Kier alpha value is -0.543. The quantitative estimate of drug-likeness (QED) is 0.539. The Labute approximate surface area is 75.7 Å². The minimum atomic E-state index is -1.85. The molecule has 0 saturated carbocycles. The van der Waals surface area contributed by atoms with Gasteiger partial charge < -0.3 is 9.53 Å². The lowest BCUT2D eigenvalue weighted by Gasteiger charge is -2.28. The topological polar surface area (TPSA) is 29.5 Å². The lowest BCUT2D eigenvalue weighted by atomic mass is 10.1. The van der Waals surface area contributed by atoms with Crippen LogP contribution in [0.2, 0.25) is 13.1 Å².